The monoisotopic (exact) mass is 140 g/mol. The van der Waals surface area contributed by atoms with E-state index in [9.17, 15) is 0 Å². The van der Waals surface area contributed by atoms with Crippen molar-refractivity contribution in [3.63, 3.8) is 0 Å². The molecule has 2 bridgehead atoms. The van der Waals surface area contributed by atoms with E-state index in [0.29, 0.717) is 11.5 Å². The predicted octanol–water partition coefficient (Wildman–Crippen LogP) is 2.21. The molecular formula is C9H16O. The first-order valence-corrected chi connectivity index (χ1v) is 4.34. The van der Waals surface area contributed by atoms with E-state index in [2.05, 4.69) is 13.8 Å². The summed E-state index contributed by atoms with van der Waals surface area (Å²) in [4.78, 5) is 0. The SMILES string of the molecule is CC(C)[C@]12CCC(C1)OC2. The summed E-state index contributed by atoms with van der Waals surface area (Å²) in [5, 5.41) is 0. The molecule has 0 spiro atoms. The van der Waals surface area contributed by atoms with Crippen molar-refractivity contribution in [2.45, 2.75) is 39.2 Å². The average Bonchev–Trinajstić information content (AvgIpc) is 2.45. The molecule has 0 aromatic rings. The third-order valence-electron chi connectivity index (χ3n) is 3.43. The molecule has 0 N–H and O–H groups in total. The van der Waals surface area contributed by atoms with Gasteiger partial charge in [-0.3, -0.25) is 0 Å². The van der Waals surface area contributed by atoms with Gasteiger partial charge in [0.05, 0.1) is 12.7 Å². The van der Waals surface area contributed by atoms with Gasteiger partial charge in [-0.25, -0.2) is 0 Å². The molecule has 0 radical (unpaired) electrons. The van der Waals surface area contributed by atoms with Crippen LogP contribution in [0, 0.1) is 11.3 Å². The number of hydrogen-bond donors (Lipinski definition) is 0. The molecule has 0 aromatic heterocycles. The normalized spacial score (nSPS) is 45.3. The van der Waals surface area contributed by atoms with E-state index in [-0.39, 0.29) is 0 Å². The molecule has 1 heteroatoms. The topological polar surface area (TPSA) is 9.23 Å². The van der Waals surface area contributed by atoms with E-state index < -0.39 is 0 Å². The smallest absolute Gasteiger partial charge is 0.0581 e. The lowest BCUT2D eigenvalue weighted by molar-refractivity contribution is 0.0348. The van der Waals surface area contributed by atoms with E-state index in [0.717, 1.165) is 12.5 Å². The Kier molecular flexibility index (Phi) is 1.31. The van der Waals surface area contributed by atoms with E-state index in [1.807, 2.05) is 0 Å². The molecule has 1 heterocycles. The van der Waals surface area contributed by atoms with Crippen LogP contribution >= 0.6 is 0 Å². The molecule has 1 aliphatic heterocycles. The Balaban J connectivity index is 2.15. The molecule has 2 aliphatic rings. The summed E-state index contributed by atoms with van der Waals surface area (Å²) in [5.74, 6) is 0.819. The number of hydrogen-bond acceptors (Lipinski definition) is 1. The largest absolute Gasteiger partial charge is 0.378 e. The van der Waals surface area contributed by atoms with Gasteiger partial charge in [0.2, 0.25) is 0 Å². The second-order valence-electron chi connectivity index (χ2n) is 4.19. The highest BCUT2D eigenvalue weighted by Gasteiger charge is 2.47. The molecule has 2 atom stereocenters. The van der Waals surface area contributed by atoms with Crippen LogP contribution in [-0.2, 0) is 4.74 Å². The summed E-state index contributed by atoms with van der Waals surface area (Å²) in [7, 11) is 0. The Labute approximate surface area is 62.8 Å². The predicted molar refractivity (Wildman–Crippen MR) is 40.9 cm³/mol. The van der Waals surface area contributed by atoms with Crippen LogP contribution in [0.25, 0.3) is 0 Å². The first-order chi connectivity index (χ1) is 4.73. The quantitative estimate of drug-likeness (QED) is 0.542. The van der Waals surface area contributed by atoms with Crippen LogP contribution in [0.4, 0.5) is 0 Å². The Morgan fingerprint density at radius 1 is 1.50 bits per heavy atom. The number of ether oxygens (including phenoxy) is 1. The Bertz CT molecular complexity index is 132. The van der Waals surface area contributed by atoms with Crippen molar-refractivity contribution in [1.82, 2.24) is 0 Å². The van der Waals surface area contributed by atoms with Crippen molar-refractivity contribution >= 4 is 0 Å². The molecule has 2 fully saturated rings. The van der Waals surface area contributed by atoms with Crippen LogP contribution in [0.3, 0.4) is 0 Å². The Hall–Kier alpha value is -0.0400. The van der Waals surface area contributed by atoms with Crippen molar-refractivity contribution in [1.29, 1.82) is 0 Å². The van der Waals surface area contributed by atoms with Crippen LogP contribution in [0.15, 0.2) is 0 Å². The minimum atomic E-state index is 0.588. The zero-order valence-corrected chi connectivity index (χ0v) is 6.89. The van der Waals surface area contributed by atoms with Crippen molar-refractivity contribution in [3.8, 4) is 0 Å². The molecule has 0 amide bonds. The lowest BCUT2D eigenvalue weighted by Crippen LogP contribution is -2.26. The van der Waals surface area contributed by atoms with Crippen molar-refractivity contribution in [2.24, 2.45) is 11.3 Å². The van der Waals surface area contributed by atoms with Crippen LogP contribution in [-0.4, -0.2) is 12.7 Å². The summed E-state index contributed by atoms with van der Waals surface area (Å²) in [6.45, 7) is 5.70. The summed E-state index contributed by atoms with van der Waals surface area (Å²) >= 11 is 0. The van der Waals surface area contributed by atoms with Gasteiger partial charge in [0.25, 0.3) is 0 Å². The van der Waals surface area contributed by atoms with E-state index in [1.165, 1.54) is 19.3 Å². The van der Waals surface area contributed by atoms with E-state index in [1.54, 1.807) is 0 Å². The fourth-order valence-corrected chi connectivity index (χ4v) is 2.35. The number of fused-ring (bicyclic) bond motifs is 2. The van der Waals surface area contributed by atoms with E-state index in [4.69, 9.17) is 4.74 Å². The fourth-order valence-electron chi connectivity index (χ4n) is 2.35. The molecule has 1 nitrogen and oxygen atoms in total. The lowest BCUT2D eigenvalue weighted by Gasteiger charge is -2.29. The van der Waals surface area contributed by atoms with Gasteiger partial charge >= 0.3 is 0 Å². The minimum absolute atomic E-state index is 0.588. The van der Waals surface area contributed by atoms with Crippen molar-refractivity contribution in [2.75, 3.05) is 6.61 Å². The summed E-state index contributed by atoms with van der Waals surface area (Å²) < 4.78 is 5.62. The zero-order chi connectivity index (χ0) is 7.19. The first kappa shape index (κ1) is 6.66. The van der Waals surface area contributed by atoms with Gasteiger partial charge < -0.3 is 4.74 Å². The highest BCUT2D eigenvalue weighted by atomic mass is 16.5. The van der Waals surface area contributed by atoms with E-state index >= 15 is 0 Å². The van der Waals surface area contributed by atoms with Crippen molar-refractivity contribution < 1.29 is 4.74 Å². The second-order valence-corrected chi connectivity index (χ2v) is 4.19. The molecule has 1 saturated carbocycles. The highest BCUT2D eigenvalue weighted by Crippen LogP contribution is 2.50. The maximum Gasteiger partial charge on any atom is 0.0581 e. The molecule has 0 aromatic carbocycles. The number of rotatable bonds is 1. The molecule has 2 rings (SSSR count). The van der Waals surface area contributed by atoms with Gasteiger partial charge in [-0.1, -0.05) is 13.8 Å². The third kappa shape index (κ3) is 0.731. The van der Waals surface area contributed by atoms with Gasteiger partial charge in [-0.15, -0.1) is 0 Å². The Morgan fingerprint density at radius 2 is 2.30 bits per heavy atom. The standard InChI is InChI=1S/C9H16O/c1-7(2)9-4-3-8(5-9)10-6-9/h7-8H,3-6H2,1-2H3/t8?,9-/m1/s1. The summed E-state index contributed by atoms with van der Waals surface area (Å²) in [6.07, 6.45) is 4.69. The second kappa shape index (κ2) is 1.97. The molecule has 10 heavy (non-hydrogen) atoms. The molecular weight excluding hydrogens is 124 g/mol. The lowest BCUT2D eigenvalue weighted by atomic mass is 9.77. The van der Waals surface area contributed by atoms with Gasteiger partial charge in [0.15, 0.2) is 0 Å². The van der Waals surface area contributed by atoms with Crippen LogP contribution < -0.4 is 0 Å². The van der Waals surface area contributed by atoms with Crippen molar-refractivity contribution in [3.05, 3.63) is 0 Å². The zero-order valence-electron chi connectivity index (χ0n) is 6.89. The highest BCUT2D eigenvalue weighted by molar-refractivity contribution is 4.96. The third-order valence-corrected chi connectivity index (χ3v) is 3.43. The minimum Gasteiger partial charge on any atom is -0.378 e. The van der Waals surface area contributed by atoms with Crippen LogP contribution in [0.2, 0.25) is 0 Å². The molecule has 1 saturated heterocycles. The van der Waals surface area contributed by atoms with Crippen LogP contribution in [0.5, 0.6) is 0 Å². The van der Waals surface area contributed by atoms with Gasteiger partial charge in [-0.05, 0) is 30.6 Å². The Morgan fingerprint density at radius 3 is 2.50 bits per heavy atom. The fraction of sp³-hybridized carbons (Fsp3) is 1.00. The summed E-state index contributed by atoms with van der Waals surface area (Å²) in [6, 6.07) is 0. The maximum absolute atomic E-state index is 5.62. The molecule has 1 aliphatic carbocycles. The van der Waals surface area contributed by atoms with Gasteiger partial charge in [0.1, 0.15) is 0 Å². The van der Waals surface area contributed by atoms with Crippen LogP contribution in [0.1, 0.15) is 33.1 Å². The average molecular weight is 140 g/mol. The molecule has 58 valence electrons. The first-order valence-electron chi connectivity index (χ1n) is 4.34. The van der Waals surface area contributed by atoms with Gasteiger partial charge in [0, 0.05) is 0 Å². The van der Waals surface area contributed by atoms with Gasteiger partial charge in [-0.2, -0.15) is 0 Å². The molecule has 1 unspecified atom stereocenters. The maximum atomic E-state index is 5.62. The summed E-state index contributed by atoms with van der Waals surface area (Å²) in [5.41, 5.74) is 0.588.